The number of rotatable bonds is 5. The SMILES string of the molecule is CCc1nn(C)c(CC)c1CNC(=NC)NC1CCCC(C)C1. The molecule has 2 rings (SSSR count). The maximum Gasteiger partial charge on any atom is 0.191 e. The Morgan fingerprint density at radius 2 is 2.09 bits per heavy atom. The van der Waals surface area contributed by atoms with Crippen LogP contribution in [0.5, 0.6) is 0 Å². The van der Waals surface area contributed by atoms with Crippen LogP contribution in [0.2, 0.25) is 0 Å². The molecule has 23 heavy (non-hydrogen) atoms. The molecule has 5 heteroatoms. The summed E-state index contributed by atoms with van der Waals surface area (Å²) in [6.07, 6.45) is 7.15. The fraction of sp³-hybridized carbons (Fsp3) is 0.778. The van der Waals surface area contributed by atoms with Crippen molar-refractivity contribution in [2.45, 2.75) is 71.9 Å². The first kappa shape index (κ1) is 17.8. The summed E-state index contributed by atoms with van der Waals surface area (Å²) in [5.74, 6) is 1.73. The maximum atomic E-state index is 4.65. The Balaban J connectivity index is 1.98. The Labute approximate surface area is 141 Å². The molecule has 1 saturated carbocycles. The lowest BCUT2D eigenvalue weighted by molar-refractivity contribution is 0.324. The van der Waals surface area contributed by atoms with E-state index in [0.29, 0.717) is 6.04 Å². The van der Waals surface area contributed by atoms with Crippen LogP contribution in [0.1, 0.15) is 63.4 Å². The standard InChI is InChI=1S/C18H33N5/c1-6-16-15(17(7-2)23(5)22-16)12-20-18(19-4)21-14-10-8-9-13(3)11-14/h13-14H,6-12H2,1-5H3,(H2,19,20,21). The predicted octanol–water partition coefficient (Wildman–Crippen LogP) is 2.79. The summed E-state index contributed by atoms with van der Waals surface area (Å²) in [5, 5.41) is 11.7. The average molecular weight is 319 g/mol. The van der Waals surface area contributed by atoms with Crippen molar-refractivity contribution in [3.63, 3.8) is 0 Å². The van der Waals surface area contributed by atoms with Gasteiger partial charge in [-0.2, -0.15) is 5.10 Å². The van der Waals surface area contributed by atoms with Crippen LogP contribution in [-0.2, 0) is 26.4 Å². The Morgan fingerprint density at radius 1 is 1.30 bits per heavy atom. The van der Waals surface area contributed by atoms with Gasteiger partial charge in [0.05, 0.1) is 5.69 Å². The third-order valence-electron chi connectivity index (χ3n) is 4.96. The van der Waals surface area contributed by atoms with E-state index >= 15 is 0 Å². The summed E-state index contributed by atoms with van der Waals surface area (Å²) in [6, 6.07) is 0.551. The van der Waals surface area contributed by atoms with E-state index in [1.807, 2.05) is 18.8 Å². The topological polar surface area (TPSA) is 54.2 Å². The molecule has 5 nitrogen and oxygen atoms in total. The average Bonchev–Trinajstić information content (AvgIpc) is 2.86. The number of hydrogen-bond donors (Lipinski definition) is 2. The first-order valence-electron chi connectivity index (χ1n) is 9.09. The van der Waals surface area contributed by atoms with Crippen molar-refractivity contribution in [2.24, 2.45) is 18.0 Å². The summed E-state index contributed by atoms with van der Waals surface area (Å²) < 4.78 is 2.02. The van der Waals surface area contributed by atoms with Gasteiger partial charge in [-0.15, -0.1) is 0 Å². The Bertz CT molecular complexity index is 532. The molecule has 0 bridgehead atoms. The van der Waals surface area contributed by atoms with E-state index in [9.17, 15) is 0 Å². The van der Waals surface area contributed by atoms with E-state index in [1.54, 1.807) is 0 Å². The minimum atomic E-state index is 0.551. The molecule has 2 N–H and O–H groups in total. The molecule has 1 aliphatic carbocycles. The highest BCUT2D eigenvalue weighted by Crippen LogP contribution is 2.23. The van der Waals surface area contributed by atoms with Crippen LogP contribution in [0.15, 0.2) is 4.99 Å². The van der Waals surface area contributed by atoms with Gasteiger partial charge in [-0.1, -0.05) is 33.6 Å². The van der Waals surface area contributed by atoms with Crippen molar-refractivity contribution in [1.29, 1.82) is 0 Å². The fourth-order valence-corrected chi connectivity index (χ4v) is 3.72. The highest BCUT2D eigenvalue weighted by atomic mass is 15.3. The quantitative estimate of drug-likeness (QED) is 0.648. The number of aryl methyl sites for hydroxylation is 2. The van der Waals surface area contributed by atoms with Crippen LogP contribution in [0, 0.1) is 5.92 Å². The lowest BCUT2D eigenvalue weighted by Gasteiger charge is -2.28. The van der Waals surface area contributed by atoms with Crippen LogP contribution < -0.4 is 10.6 Å². The molecule has 130 valence electrons. The molecule has 1 fully saturated rings. The highest BCUT2D eigenvalue weighted by Gasteiger charge is 2.20. The van der Waals surface area contributed by atoms with Gasteiger partial charge in [0, 0.05) is 37.9 Å². The highest BCUT2D eigenvalue weighted by molar-refractivity contribution is 5.80. The van der Waals surface area contributed by atoms with Crippen molar-refractivity contribution in [2.75, 3.05) is 7.05 Å². The Morgan fingerprint density at radius 3 is 2.70 bits per heavy atom. The lowest BCUT2D eigenvalue weighted by atomic mass is 9.87. The molecule has 1 aromatic rings. The van der Waals surface area contributed by atoms with Gasteiger partial charge in [-0.3, -0.25) is 9.67 Å². The van der Waals surface area contributed by atoms with Gasteiger partial charge >= 0.3 is 0 Å². The summed E-state index contributed by atoms with van der Waals surface area (Å²) in [7, 11) is 3.89. The van der Waals surface area contributed by atoms with Gasteiger partial charge < -0.3 is 10.6 Å². The second-order valence-electron chi connectivity index (χ2n) is 6.74. The van der Waals surface area contributed by atoms with Crippen LogP contribution in [-0.4, -0.2) is 28.8 Å². The number of aromatic nitrogens is 2. The Hall–Kier alpha value is -1.52. The molecule has 1 aliphatic rings. The third kappa shape index (κ3) is 4.49. The van der Waals surface area contributed by atoms with Crippen molar-refractivity contribution < 1.29 is 0 Å². The molecular formula is C18H33N5. The van der Waals surface area contributed by atoms with Crippen LogP contribution >= 0.6 is 0 Å². The first-order chi connectivity index (χ1) is 11.1. The van der Waals surface area contributed by atoms with Gasteiger partial charge in [0.2, 0.25) is 0 Å². The summed E-state index contributed by atoms with van der Waals surface area (Å²) in [4.78, 5) is 4.41. The van der Waals surface area contributed by atoms with Crippen LogP contribution in [0.25, 0.3) is 0 Å². The molecule has 0 aliphatic heterocycles. The van der Waals surface area contributed by atoms with Crippen molar-refractivity contribution in [3.05, 3.63) is 17.0 Å². The number of guanidine groups is 1. The summed E-state index contributed by atoms with van der Waals surface area (Å²) >= 11 is 0. The van der Waals surface area contributed by atoms with Crippen molar-refractivity contribution in [1.82, 2.24) is 20.4 Å². The molecule has 0 saturated heterocycles. The molecule has 0 amide bonds. The molecule has 2 unspecified atom stereocenters. The molecule has 1 heterocycles. The molecule has 0 aromatic carbocycles. The number of nitrogens with zero attached hydrogens (tertiary/aromatic N) is 3. The zero-order chi connectivity index (χ0) is 16.8. The third-order valence-corrected chi connectivity index (χ3v) is 4.96. The largest absolute Gasteiger partial charge is 0.354 e. The van der Waals surface area contributed by atoms with Crippen molar-refractivity contribution >= 4 is 5.96 Å². The minimum Gasteiger partial charge on any atom is -0.354 e. The molecule has 2 atom stereocenters. The number of nitrogens with one attached hydrogen (secondary N) is 2. The van der Waals surface area contributed by atoms with Gasteiger partial charge in [-0.25, -0.2) is 0 Å². The monoisotopic (exact) mass is 319 g/mol. The second kappa shape index (κ2) is 8.37. The van der Waals surface area contributed by atoms with E-state index in [0.717, 1.165) is 31.3 Å². The van der Waals surface area contributed by atoms with E-state index in [-0.39, 0.29) is 0 Å². The summed E-state index contributed by atoms with van der Waals surface area (Å²) in [6.45, 7) is 7.50. The fourth-order valence-electron chi connectivity index (χ4n) is 3.72. The smallest absolute Gasteiger partial charge is 0.191 e. The van der Waals surface area contributed by atoms with Gasteiger partial charge in [-0.05, 0) is 31.6 Å². The van der Waals surface area contributed by atoms with E-state index in [2.05, 4.69) is 41.5 Å². The van der Waals surface area contributed by atoms with E-state index < -0.39 is 0 Å². The number of aliphatic imine (C=N–C) groups is 1. The Kier molecular flexibility index (Phi) is 6.48. The van der Waals surface area contributed by atoms with Crippen LogP contribution in [0.4, 0.5) is 0 Å². The first-order valence-corrected chi connectivity index (χ1v) is 9.09. The maximum absolute atomic E-state index is 4.65. The molecular weight excluding hydrogens is 286 g/mol. The zero-order valence-corrected chi connectivity index (χ0v) is 15.4. The van der Waals surface area contributed by atoms with Gasteiger partial charge in [0.1, 0.15) is 0 Å². The molecule has 0 spiro atoms. The van der Waals surface area contributed by atoms with Crippen molar-refractivity contribution in [3.8, 4) is 0 Å². The zero-order valence-electron chi connectivity index (χ0n) is 15.4. The number of hydrogen-bond acceptors (Lipinski definition) is 2. The van der Waals surface area contributed by atoms with E-state index in [1.165, 1.54) is 42.6 Å². The lowest BCUT2D eigenvalue weighted by Crippen LogP contribution is -2.44. The second-order valence-corrected chi connectivity index (χ2v) is 6.74. The summed E-state index contributed by atoms with van der Waals surface area (Å²) in [5.41, 5.74) is 3.84. The molecule has 0 radical (unpaired) electrons. The normalized spacial score (nSPS) is 22.2. The van der Waals surface area contributed by atoms with E-state index in [4.69, 9.17) is 0 Å². The van der Waals surface area contributed by atoms with Gasteiger partial charge in [0.25, 0.3) is 0 Å². The predicted molar refractivity (Wildman–Crippen MR) is 96.7 cm³/mol. The van der Waals surface area contributed by atoms with Crippen LogP contribution in [0.3, 0.4) is 0 Å². The molecule has 1 aromatic heterocycles. The minimum absolute atomic E-state index is 0.551. The van der Waals surface area contributed by atoms with Gasteiger partial charge in [0.15, 0.2) is 5.96 Å².